The van der Waals surface area contributed by atoms with Crippen molar-refractivity contribution in [2.24, 2.45) is 0 Å². The van der Waals surface area contributed by atoms with E-state index in [9.17, 15) is 9.59 Å². The maximum atomic E-state index is 12.4. The monoisotopic (exact) mass is 399 g/mol. The van der Waals surface area contributed by atoms with E-state index in [1.807, 2.05) is 19.1 Å². The number of carbonyl (C=O) groups excluding carboxylic acids is 2. The molecule has 2 aromatic rings. The normalized spacial score (nSPS) is 10.7. The fourth-order valence-corrected chi connectivity index (χ4v) is 2.59. The fraction of sp³-hybridized carbons (Fsp3) is 0.286. The van der Waals surface area contributed by atoms with E-state index in [4.69, 9.17) is 17.0 Å². The van der Waals surface area contributed by atoms with Crippen molar-refractivity contribution in [3.63, 3.8) is 0 Å². The van der Waals surface area contributed by atoms with Crippen LogP contribution >= 0.6 is 12.2 Å². The Kier molecular flexibility index (Phi) is 7.12. The number of ether oxygens (including phenoxy) is 1. The van der Waals surface area contributed by atoms with Crippen molar-refractivity contribution in [1.29, 1.82) is 0 Å². The van der Waals surface area contributed by atoms with Gasteiger partial charge in [0.05, 0.1) is 12.2 Å². The van der Waals surface area contributed by atoms with Crippen LogP contribution in [0, 0.1) is 0 Å². The average molecular weight is 400 g/mol. The van der Waals surface area contributed by atoms with Crippen LogP contribution in [-0.2, 0) is 5.41 Å². The minimum Gasteiger partial charge on any atom is -0.493 e. The summed E-state index contributed by atoms with van der Waals surface area (Å²) in [6, 6.07) is 14.2. The van der Waals surface area contributed by atoms with Gasteiger partial charge in [-0.05, 0) is 54.4 Å². The van der Waals surface area contributed by atoms with Gasteiger partial charge in [-0.2, -0.15) is 0 Å². The third-order valence-corrected chi connectivity index (χ3v) is 4.17. The first-order chi connectivity index (χ1) is 13.2. The summed E-state index contributed by atoms with van der Waals surface area (Å²) in [5.74, 6) is -0.314. The molecule has 0 aromatic heterocycles. The lowest BCUT2D eigenvalue weighted by Crippen LogP contribution is -2.48. The molecule has 0 aliphatic heterocycles. The van der Waals surface area contributed by atoms with E-state index < -0.39 is 5.91 Å². The summed E-state index contributed by atoms with van der Waals surface area (Å²) in [5, 5.41) is 2.50. The quantitative estimate of drug-likeness (QED) is 0.543. The Hall–Kier alpha value is -2.93. The van der Waals surface area contributed by atoms with Gasteiger partial charge >= 0.3 is 0 Å². The molecule has 0 saturated carbocycles. The molecular formula is C21H25N3O3S. The molecule has 0 aliphatic rings. The number of carbonyl (C=O) groups is 2. The first kappa shape index (κ1) is 21.4. The summed E-state index contributed by atoms with van der Waals surface area (Å²) in [7, 11) is 0. The summed E-state index contributed by atoms with van der Waals surface area (Å²) in [6.07, 6.45) is 0. The van der Waals surface area contributed by atoms with Crippen molar-refractivity contribution >= 4 is 29.1 Å². The zero-order valence-electron chi connectivity index (χ0n) is 16.5. The topological polar surface area (TPSA) is 79.5 Å². The Bertz CT molecular complexity index is 858. The van der Waals surface area contributed by atoms with Crippen LogP contribution in [-0.4, -0.2) is 23.5 Å². The maximum Gasteiger partial charge on any atom is 0.269 e. The summed E-state index contributed by atoms with van der Waals surface area (Å²) < 4.78 is 5.43. The number of para-hydroxylation sites is 1. The second-order valence-electron chi connectivity index (χ2n) is 7.12. The van der Waals surface area contributed by atoms with E-state index >= 15 is 0 Å². The second-order valence-corrected chi connectivity index (χ2v) is 7.53. The predicted octanol–water partition coefficient (Wildman–Crippen LogP) is 3.33. The highest BCUT2D eigenvalue weighted by Crippen LogP contribution is 2.22. The molecule has 7 heteroatoms. The molecule has 6 nitrogen and oxygen atoms in total. The number of benzene rings is 2. The lowest BCUT2D eigenvalue weighted by atomic mass is 9.87. The third-order valence-electron chi connectivity index (χ3n) is 3.96. The molecule has 0 unspecified atom stereocenters. The maximum absolute atomic E-state index is 12.4. The third kappa shape index (κ3) is 5.79. The van der Waals surface area contributed by atoms with Gasteiger partial charge in [0.1, 0.15) is 5.75 Å². The van der Waals surface area contributed by atoms with Gasteiger partial charge in [-0.1, -0.05) is 45.0 Å². The van der Waals surface area contributed by atoms with Gasteiger partial charge in [0.25, 0.3) is 11.8 Å². The number of hydrogen-bond donors (Lipinski definition) is 3. The Morgan fingerprint density at radius 2 is 1.61 bits per heavy atom. The van der Waals surface area contributed by atoms with Gasteiger partial charge in [-0.15, -0.1) is 0 Å². The van der Waals surface area contributed by atoms with E-state index in [1.165, 1.54) is 0 Å². The van der Waals surface area contributed by atoms with Gasteiger partial charge in [-0.3, -0.25) is 25.8 Å². The molecule has 0 atom stereocenters. The number of thiocarbonyl (C=S) groups is 1. The van der Waals surface area contributed by atoms with Crippen molar-refractivity contribution in [2.75, 3.05) is 6.61 Å². The van der Waals surface area contributed by atoms with Crippen LogP contribution in [0.5, 0.6) is 5.75 Å². The van der Waals surface area contributed by atoms with E-state index in [0.29, 0.717) is 23.5 Å². The molecule has 3 N–H and O–H groups in total. The molecule has 0 saturated heterocycles. The van der Waals surface area contributed by atoms with E-state index in [-0.39, 0.29) is 16.4 Å². The number of amides is 2. The van der Waals surface area contributed by atoms with Gasteiger partial charge in [0.2, 0.25) is 0 Å². The standard InChI is InChI=1S/C21H25N3O3S/c1-5-27-17-9-7-6-8-16(17)19(26)22-20(28)24-23-18(25)14-10-12-15(13-11-14)21(2,3)4/h6-13H,5H2,1-4H3,(H,23,25)(H2,22,24,26,28). The molecular weight excluding hydrogens is 374 g/mol. The molecule has 0 spiro atoms. The van der Waals surface area contributed by atoms with Gasteiger partial charge in [-0.25, -0.2) is 0 Å². The molecule has 0 aliphatic carbocycles. The van der Waals surface area contributed by atoms with Crippen molar-refractivity contribution in [3.8, 4) is 5.75 Å². The summed E-state index contributed by atoms with van der Waals surface area (Å²) in [4.78, 5) is 24.6. The van der Waals surface area contributed by atoms with Crippen LogP contribution < -0.4 is 20.9 Å². The molecule has 0 bridgehead atoms. The fourth-order valence-electron chi connectivity index (χ4n) is 2.44. The van der Waals surface area contributed by atoms with Crippen LogP contribution in [0.2, 0.25) is 0 Å². The number of hydrogen-bond acceptors (Lipinski definition) is 4. The molecule has 2 rings (SSSR count). The molecule has 2 amide bonds. The highest BCUT2D eigenvalue weighted by molar-refractivity contribution is 7.80. The van der Waals surface area contributed by atoms with Crippen LogP contribution in [0.15, 0.2) is 48.5 Å². The number of nitrogens with one attached hydrogen (secondary N) is 3. The Labute approximate surface area is 170 Å². The number of hydrazine groups is 1. The number of rotatable bonds is 4. The van der Waals surface area contributed by atoms with E-state index in [0.717, 1.165) is 5.56 Å². The van der Waals surface area contributed by atoms with Crippen LogP contribution in [0.25, 0.3) is 0 Å². The molecule has 2 aromatic carbocycles. The molecule has 148 valence electrons. The lowest BCUT2D eigenvalue weighted by molar-refractivity contribution is 0.0933. The van der Waals surface area contributed by atoms with Gasteiger partial charge in [0, 0.05) is 5.56 Å². The Morgan fingerprint density at radius 3 is 2.21 bits per heavy atom. The lowest BCUT2D eigenvalue weighted by Gasteiger charge is -2.19. The van der Waals surface area contributed by atoms with Crippen LogP contribution in [0.4, 0.5) is 0 Å². The highest BCUT2D eigenvalue weighted by atomic mass is 32.1. The predicted molar refractivity (Wildman–Crippen MR) is 113 cm³/mol. The van der Waals surface area contributed by atoms with Crippen LogP contribution in [0.3, 0.4) is 0 Å². The smallest absolute Gasteiger partial charge is 0.269 e. The van der Waals surface area contributed by atoms with Crippen LogP contribution in [0.1, 0.15) is 54.0 Å². The molecule has 28 heavy (non-hydrogen) atoms. The zero-order chi connectivity index (χ0) is 20.7. The molecule has 0 heterocycles. The highest BCUT2D eigenvalue weighted by Gasteiger charge is 2.15. The minimum atomic E-state index is -0.426. The summed E-state index contributed by atoms with van der Waals surface area (Å²) in [6.45, 7) is 8.60. The summed E-state index contributed by atoms with van der Waals surface area (Å²) >= 11 is 5.08. The first-order valence-electron chi connectivity index (χ1n) is 8.96. The van der Waals surface area contributed by atoms with Crippen molar-refractivity contribution in [3.05, 3.63) is 65.2 Å². The first-order valence-corrected chi connectivity index (χ1v) is 9.37. The largest absolute Gasteiger partial charge is 0.493 e. The molecule has 0 fully saturated rings. The zero-order valence-corrected chi connectivity index (χ0v) is 17.3. The van der Waals surface area contributed by atoms with Crippen molar-refractivity contribution in [1.82, 2.24) is 16.2 Å². The van der Waals surface area contributed by atoms with Crippen molar-refractivity contribution < 1.29 is 14.3 Å². The second kappa shape index (κ2) is 9.32. The SMILES string of the molecule is CCOc1ccccc1C(=O)NC(=S)NNC(=O)c1ccc(C(C)(C)C)cc1. The van der Waals surface area contributed by atoms with E-state index in [1.54, 1.807) is 36.4 Å². The van der Waals surface area contributed by atoms with Gasteiger partial charge < -0.3 is 4.74 Å². The Balaban J connectivity index is 1.91. The Morgan fingerprint density at radius 1 is 0.964 bits per heavy atom. The average Bonchev–Trinajstić information content (AvgIpc) is 2.66. The van der Waals surface area contributed by atoms with E-state index in [2.05, 4.69) is 36.9 Å². The molecule has 0 radical (unpaired) electrons. The van der Waals surface area contributed by atoms with Gasteiger partial charge in [0.15, 0.2) is 5.11 Å². The summed E-state index contributed by atoms with van der Waals surface area (Å²) in [5.41, 5.74) is 7.00. The minimum absolute atomic E-state index is 0.0108. The van der Waals surface area contributed by atoms with Crippen molar-refractivity contribution in [2.45, 2.75) is 33.1 Å².